The number of carboxylic acid groups (broad SMARTS) is 1. The second-order valence-electron chi connectivity index (χ2n) is 5.91. The highest BCUT2D eigenvalue weighted by molar-refractivity contribution is 5.95. The van der Waals surface area contributed by atoms with Crippen molar-refractivity contribution in [3.05, 3.63) is 29.3 Å². The van der Waals surface area contributed by atoms with E-state index >= 15 is 0 Å². The molecule has 0 radical (unpaired) electrons. The Balaban J connectivity index is 1.71. The fourth-order valence-corrected chi connectivity index (χ4v) is 3.28. The number of carboxylic acids is 1. The molecule has 1 unspecified atom stereocenters. The van der Waals surface area contributed by atoms with Gasteiger partial charge in [0, 0.05) is 37.3 Å². The van der Waals surface area contributed by atoms with Crippen molar-refractivity contribution in [3.63, 3.8) is 0 Å². The first-order valence-electron chi connectivity index (χ1n) is 7.51. The summed E-state index contributed by atoms with van der Waals surface area (Å²) >= 11 is 0. The highest BCUT2D eigenvalue weighted by atomic mass is 16.4. The summed E-state index contributed by atoms with van der Waals surface area (Å²) < 4.78 is 0. The fourth-order valence-electron chi connectivity index (χ4n) is 3.28. The van der Waals surface area contributed by atoms with Crippen LogP contribution in [0.15, 0.2) is 18.2 Å². The van der Waals surface area contributed by atoms with Crippen LogP contribution in [0.3, 0.4) is 0 Å². The lowest BCUT2D eigenvalue weighted by atomic mass is 9.94. The highest BCUT2D eigenvalue weighted by Crippen LogP contribution is 2.25. The second kappa shape index (κ2) is 5.76. The molecule has 2 N–H and O–H groups in total. The van der Waals surface area contributed by atoms with Gasteiger partial charge in [0.05, 0.1) is 0 Å². The van der Waals surface area contributed by atoms with Crippen LogP contribution in [0.1, 0.15) is 35.2 Å². The maximum Gasteiger partial charge on any atom is 0.303 e. The molecule has 1 saturated heterocycles. The van der Waals surface area contributed by atoms with Gasteiger partial charge in [-0.25, -0.2) is 0 Å². The molecule has 0 bridgehead atoms. The summed E-state index contributed by atoms with van der Waals surface area (Å²) in [6.45, 7) is 2.21. The van der Waals surface area contributed by atoms with Gasteiger partial charge in [-0.05, 0) is 48.9 Å². The van der Waals surface area contributed by atoms with E-state index in [1.54, 1.807) is 4.90 Å². The van der Waals surface area contributed by atoms with Crippen LogP contribution in [-0.4, -0.2) is 41.5 Å². The lowest BCUT2D eigenvalue weighted by Crippen LogP contribution is -2.40. The highest BCUT2D eigenvalue weighted by Gasteiger charge is 2.26. The van der Waals surface area contributed by atoms with Crippen LogP contribution in [0, 0.1) is 5.92 Å². The average molecular weight is 288 g/mol. The van der Waals surface area contributed by atoms with Gasteiger partial charge >= 0.3 is 5.97 Å². The van der Waals surface area contributed by atoms with E-state index in [1.807, 2.05) is 18.2 Å². The number of hydrogen-bond acceptors (Lipinski definition) is 3. The topological polar surface area (TPSA) is 69.6 Å². The van der Waals surface area contributed by atoms with Gasteiger partial charge in [0.1, 0.15) is 0 Å². The zero-order valence-corrected chi connectivity index (χ0v) is 12.0. The Morgan fingerprint density at radius 2 is 2.24 bits per heavy atom. The molecule has 3 rings (SSSR count). The molecule has 2 aliphatic heterocycles. The maximum absolute atomic E-state index is 12.6. The minimum Gasteiger partial charge on any atom is -0.481 e. The van der Waals surface area contributed by atoms with Crippen molar-refractivity contribution in [1.82, 2.24) is 4.90 Å². The van der Waals surface area contributed by atoms with Crippen LogP contribution in [0.25, 0.3) is 0 Å². The molecule has 112 valence electrons. The fraction of sp³-hybridized carbons (Fsp3) is 0.500. The Bertz CT molecular complexity index is 571. The third-order valence-electron chi connectivity index (χ3n) is 4.33. The first-order valence-corrected chi connectivity index (χ1v) is 7.51. The number of piperidine rings is 1. The summed E-state index contributed by atoms with van der Waals surface area (Å²) in [5, 5.41) is 12.2. The molecule has 2 heterocycles. The van der Waals surface area contributed by atoms with Gasteiger partial charge in [0.2, 0.25) is 0 Å². The molecule has 21 heavy (non-hydrogen) atoms. The van der Waals surface area contributed by atoms with E-state index in [4.69, 9.17) is 5.11 Å². The van der Waals surface area contributed by atoms with Crippen molar-refractivity contribution in [1.29, 1.82) is 0 Å². The number of nitrogens with zero attached hydrogens (tertiary/aromatic N) is 1. The molecule has 1 atom stereocenters. The maximum atomic E-state index is 12.6. The van der Waals surface area contributed by atoms with Gasteiger partial charge in [-0.2, -0.15) is 0 Å². The van der Waals surface area contributed by atoms with Crippen molar-refractivity contribution in [2.75, 3.05) is 25.0 Å². The van der Waals surface area contributed by atoms with Crippen molar-refractivity contribution in [2.24, 2.45) is 5.92 Å². The Hall–Kier alpha value is -2.04. The predicted molar refractivity (Wildman–Crippen MR) is 79.5 cm³/mol. The number of amides is 1. The van der Waals surface area contributed by atoms with Crippen LogP contribution in [0.4, 0.5) is 5.69 Å². The van der Waals surface area contributed by atoms with Gasteiger partial charge in [-0.3, -0.25) is 9.59 Å². The normalized spacial score (nSPS) is 20.8. The van der Waals surface area contributed by atoms with Crippen molar-refractivity contribution >= 4 is 17.6 Å². The van der Waals surface area contributed by atoms with Gasteiger partial charge in [0.25, 0.3) is 5.91 Å². The Labute approximate surface area is 123 Å². The van der Waals surface area contributed by atoms with Crippen LogP contribution in [0.2, 0.25) is 0 Å². The largest absolute Gasteiger partial charge is 0.481 e. The molecular formula is C16H20N2O3. The number of anilines is 1. The summed E-state index contributed by atoms with van der Waals surface area (Å²) in [5.74, 6) is -0.672. The summed E-state index contributed by atoms with van der Waals surface area (Å²) in [5.41, 5.74) is 3.03. The molecule has 1 fully saturated rings. The van der Waals surface area contributed by atoms with E-state index in [9.17, 15) is 9.59 Å². The molecule has 0 aromatic heterocycles. The summed E-state index contributed by atoms with van der Waals surface area (Å²) in [4.78, 5) is 25.2. The monoisotopic (exact) mass is 288 g/mol. The van der Waals surface area contributed by atoms with Crippen LogP contribution < -0.4 is 5.32 Å². The smallest absolute Gasteiger partial charge is 0.303 e. The van der Waals surface area contributed by atoms with Gasteiger partial charge < -0.3 is 15.3 Å². The zero-order valence-electron chi connectivity index (χ0n) is 12.0. The van der Waals surface area contributed by atoms with E-state index in [0.717, 1.165) is 38.0 Å². The van der Waals surface area contributed by atoms with Gasteiger partial charge in [0.15, 0.2) is 0 Å². The Morgan fingerprint density at radius 3 is 3.05 bits per heavy atom. The lowest BCUT2D eigenvalue weighted by molar-refractivity contribution is -0.138. The Morgan fingerprint density at radius 1 is 1.38 bits per heavy atom. The number of rotatable bonds is 3. The molecule has 1 aromatic carbocycles. The minimum absolute atomic E-state index is 0.0276. The number of benzene rings is 1. The first kappa shape index (κ1) is 13.9. The zero-order chi connectivity index (χ0) is 14.8. The lowest BCUT2D eigenvalue weighted by Gasteiger charge is -2.32. The molecule has 1 amide bonds. The molecule has 5 nitrogen and oxygen atoms in total. The van der Waals surface area contributed by atoms with Crippen molar-refractivity contribution in [3.8, 4) is 0 Å². The minimum atomic E-state index is -0.780. The van der Waals surface area contributed by atoms with E-state index < -0.39 is 5.97 Å². The number of likely N-dealkylation sites (tertiary alicyclic amines) is 1. The molecule has 1 aromatic rings. The quantitative estimate of drug-likeness (QED) is 0.892. The number of hydrogen-bond donors (Lipinski definition) is 2. The summed E-state index contributed by atoms with van der Waals surface area (Å²) in [6.07, 6.45) is 2.89. The molecule has 2 aliphatic rings. The van der Waals surface area contributed by atoms with E-state index in [1.165, 1.54) is 5.56 Å². The average Bonchev–Trinajstić information content (AvgIpc) is 2.93. The molecule has 0 aliphatic carbocycles. The van der Waals surface area contributed by atoms with Crippen molar-refractivity contribution < 1.29 is 14.7 Å². The number of carbonyl (C=O) groups excluding carboxylic acids is 1. The number of aliphatic carboxylic acids is 1. The van der Waals surface area contributed by atoms with Gasteiger partial charge in [-0.15, -0.1) is 0 Å². The van der Waals surface area contributed by atoms with Crippen molar-refractivity contribution in [2.45, 2.75) is 25.7 Å². The Kier molecular flexibility index (Phi) is 3.82. The first-order chi connectivity index (χ1) is 10.1. The third-order valence-corrected chi connectivity index (χ3v) is 4.33. The standard InChI is InChI=1S/C16H20N2O3/c19-15(20)8-11-2-1-7-18(10-11)16(21)13-3-4-14-12(9-13)5-6-17-14/h3-4,9,11,17H,1-2,5-8,10H2,(H,19,20). The van der Waals surface area contributed by atoms with Crippen LogP contribution >= 0.6 is 0 Å². The van der Waals surface area contributed by atoms with E-state index in [-0.39, 0.29) is 18.2 Å². The van der Waals surface area contributed by atoms with Crippen LogP contribution in [0.5, 0.6) is 0 Å². The third kappa shape index (κ3) is 3.01. The number of fused-ring (bicyclic) bond motifs is 1. The molecule has 0 saturated carbocycles. The second-order valence-corrected chi connectivity index (χ2v) is 5.91. The van der Waals surface area contributed by atoms with Crippen LogP contribution in [-0.2, 0) is 11.2 Å². The molecular weight excluding hydrogens is 268 g/mol. The summed E-state index contributed by atoms with van der Waals surface area (Å²) in [6, 6.07) is 5.80. The number of nitrogens with one attached hydrogen (secondary N) is 1. The van der Waals surface area contributed by atoms with Gasteiger partial charge in [-0.1, -0.05) is 0 Å². The summed E-state index contributed by atoms with van der Waals surface area (Å²) in [7, 11) is 0. The number of carbonyl (C=O) groups is 2. The molecule has 0 spiro atoms. The predicted octanol–water partition coefficient (Wildman–Crippen LogP) is 1.98. The van der Waals surface area contributed by atoms with E-state index in [0.29, 0.717) is 12.1 Å². The SMILES string of the molecule is O=C(O)CC1CCCN(C(=O)c2ccc3c(c2)CCN3)C1. The molecule has 5 heteroatoms. The van der Waals surface area contributed by atoms with E-state index in [2.05, 4.69) is 5.32 Å².